The van der Waals surface area contributed by atoms with Crippen LogP contribution in [0.1, 0.15) is 37.0 Å². The maximum Gasteiger partial charge on any atom is 0.303 e. The van der Waals surface area contributed by atoms with Gasteiger partial charge in [-0.25, -0.2) is 0 Å². The molecular formula is C15H20N2O5. The van der Waals surface area contributed by atoms with E-state index >= 15 is 0 Å². The van der Waals surface area contributed by atoms with Crippen LogP contribution in [-0.4, -0.2) is 29.5 Å². The van der Waals surface area contributed by atoms with Crippen LogP contribution < -0.4 is 15.6 Å². The van der Waals surface area contributed by atoms with Crippen molar-refractivity contribution in [3.05, 3.63) is 29.8 Å². The van der Waals surface area contributed by atoms with Gasteiger partial charge < -0.3 is 9.84 Å². The summed E-state index contributed by atoms with van der Waals surface area (Å²) in [7, 11) is 0. The van der Waals surface area contributed by atoms with Crippen LogP contribution >= 0.6 is 0 Å². The Morgan fingerprint density at radius 2 is 1.73 bits per heavy atom. The van der Waals surface area contributed by atoms with Gasteiger partial charge in [0.1, 0.15) is 5.75 Å². The van der Waals surface area contributed by atoms with Gasteiger partial charge in [0.25, 0.3) is 5.91 Å². The van der Waals surface area contributed by atoms with Crippen molar-refractivity contribution < 1.29 is 24.2 Å². The van der Waals surface area contributed by atoms with E-state index in [1.54, 1.807) is 24.3 Å². The smallest absolute Gasteiger partial charge is 0.303 e. The normalized spacial score (nSPS) is 10.1. The predicted molar refractivity (Wildman–Crippen MR) is 79.3 cm³/mol. The zero-order chi connectivity index (χ0) is 16.5. The van der Waals surface area contributed by atoms with E-state index in [4.69, 9.17) is 9.84 Å². The molecule has 2 amide bonds. The fourth-order valence-corrected chi connectivity index (χ4v) is 1.45. The Balaban J connectivity index is 2.42. The summed E-state index contributed by atoms with van der Waals surface area (Å²) >= 11 is 0. The molecule has 0 bridgehead atoms. The molecule has 0 saturated heterocycles. The molecule has 0 atom stereocenters. The van der Waals surface area contributed by atoms with E-state index in [1.165, 1.54) is 0 Å². The number of rotatable bonds is 7. The summed E-state index contributed by atoms with van der Waals surface area (Å²) in [6, 6.07) is 6.50. The van der Waals surface area contributed by atoms with Gasteiger partial charge in [-0.3, -0.25) is 25.2 Å². The van der Waals surface area contributed by atoms with Crippen LogP contribution in [0.2, 0.25) is 0 Å². The quantitative estimate of drug-likeness (QED) is 0.659. The van der Waals surface area contributed by atoms with Gasteiger partial charge in [-0.15, -0.1) is 0 Å². The van der Waals surface area contributed by atoms with Gasteiger partial charge in [-0.05, 0) is 30.2 Å². The Morgan fingerprint density at radius 3 is 2.27 bits per heavy atom. The second-order valence-corrected chi connectivity index (χ2v) is 5.13. The number of hydrazine groups is 1. The standard InChI is InChI=1S/C15H20N2O5/c1-10(2)9-22-12-5-3-11(4-6-12)15(21)17-16-13(18)7-8-14(19)20/h3-6,10H,7-9H2,1-2H3,(H,16,18)(H,17,21)(H,19,20). The summed E-state index contributed by atoms with van der Waals surface area (Å²) in [5, 5.41) is 8.44. The minimum absolute atomic E-state index is 0.197. The molecule has 0 spiro atoms. The van der Waals surface area contributed by atoms with Crippen LogP contribution in [0.25, 0.3) is 0 Å². The molecule has 0 heterocycles. The number of carboxylic acids is 1. The topological polar surface area (TPSA) is 105 Å². The molecule has 22 heavy (non-hydrogen) atoms. The molecule has 0 radical (unpaired) electrons. The number of carbonyl (C=O) groups is 3. The fraction of sp³-hybridized carbons (Fsp3) is 0.400. The minimum Gasteiger partial charge on any atom is -0.493 e. The molecule has 7 heteroatoms. The van der Waals surface area contributed by atoms with E-state index in [-0.39, 0.29) is 12.8 Å². The van der Waals surface area contributed by atoms with E-state index in [9.17, 15) is 14.4 Å². The highest BCUT2D eigenvalue weighted by molar-refractivity contribution is 5.95. The lowest BCUT2D eigenvalue weighted by Crippen LogP contribution is -2.41. The second kappa shape index (κ2) is 8.66. The first kappa shape index (κ1) is 17.5. The van der Waals surface area contributed by atoms with Crippen LogP contribution in [0.15, 0.2) is 24.3 Å². The molecule has 0 aliphatic carbocycles. The molecule has 7 nitrogen and oxygen atoms in total. The SMILES string of the molecule is CC(C)COc1ccc(C(=O)NNC(=O)CCC(=O)O)cc1. The van der Waals surface area contributed by atoms with Gasteiger partial charge in [0.15, 0.2) is 0 Å². The molecule has 1 aromatic carbocycles. The van der Waals surface area contributed by atoms with E-state index in [0.717, 1.165) is 0 Å². The third-order valence-corrected chi connectivity index (χ3v) is 2.58. The molecule has 0 aromatic heterocycles. The zero-order valence-electron chi connectivity index (χ0n) is 12.6. The molecule has 0 aliphatic rings. The van der Waals surface area contributed by atoms with Crippen molar-refractivity contribution in [1.29, 1.82) is 0 Å². The summed E-state index contributed by atoms with van der Waals surface area (Å²) in [4.78, 5) is 33.4. The summed E-state index contributed by atoms with van der Waals surface area (Å²) < 4.78 is 5.50. The van der Waals surface area contributed by atoms with Gasteiger partial charge in [0, 0.05) is 12.0 Å². The molecule has 1 aromatic rings. The maximum absolute atomic E-state index is 11.8. The molecule has 0 saturated carbocycles. The van der Waals surface area contributed by atoms with Gasteiger partial charge in [-0.1, -0.05) is 13.8 Å². The first-order valence-corrected chi connectivity index (χ1v) is 6.92. The summed E-state index contributed by atoms with van der Waals surface area (Å²) in [6.45, 7) is 4.66. The van der Waals surface area contributed by atoms with Gasteiger partial charge in [0.05, 0.1) is 13.0 Å². The third kappa shape index (κ3) is 6.74. The first-order valence-electron chi connectivity index (χ1n) is 6.92. The average Bonchev–Trinajstić information content (AvgIpc) is 2.49. The third-order valence-electron chi connectivity index (χ3n) is 2.58. The second-order valence-electron chi connectivity index (χ2n) is 5.13. The van der Waals surface area contributed by atoms with Crippen molar-refractivity contribution in [3.8, 4) is 5.75 Å². The van der Waals surface area contributed by atoms with Crippen molar-refractivity contribution in [2.45, 2.75) is 26.7 Å². The van der Waals surface area contributed by atoms with Gasteiger partial charge in [-0.2, -0.15) is 0 Å². The van der Waals surface area contributed by atoms with Crippen LogP contribution in [0.3, 0.4) is 0 Å². The Kier molecular flexibility index (Phi) is 6.88. The van der Waals surface area contributed by atoms with E-state index in [0.29, 0.717) is 23.8 Å². The number of amides is 2. The summed E-state index contributed by atoms with van der Waals surface area (Å²) in [5.74, 6) is -1.05. The number of carboxylic acid groups (broad SMARTS) is 1. The van der Waals surface area contributed by atoms with E-state index in [2.05, 4.69) is 10.9 Å². The van der Waals surface area contributed by atoms with Crippen LogP contribution in [0, 0.1) is 5.92 Å². The number of aliphatic carboxylic acids is 1. The zero-order valence-corrected chi connectivity index (χ0v) is 12.6. The highest BCUT2D eigenvalue weighted by atomic mass is 16.5. The summed E-state index contributed by atoms with van der Waals surface area (Å²) in [6.07, 6.45) is -0.485. The van der Waals surface area contributed by atoms with Gasteiger partial charge >= 0.3 is 5.97 Å². The number of ether oxygens (including phenoxy) is 1. The molecule has 1 rings (SSSR count). The lowest BCUT2D eigenvalue weighted by atomic mass is 10.2. The molecule has 0 unspecified atom stereocenters. The van der Waals surface area contributed by atoms with Crippen LogP contribution in [0.4, 0.5) is 0 Å². The Bertz CT molecular complexity index is 525. The lowest BCUT2D eigenvalue weighted by molar-refractivity contribution is -0.138. The number of hydrogen-bond acceptors (Lipinski definition) is 4. The first-order chi connectivity index (χ1) is 10.4. The van der Waals surface area contributed by atoms with Gasteiger partial charge in [0.2, 0.25) is 5.91 Å². The highest BCUT2D eigenvalue weighted by Crippen LogP contribution is 2.13. The Morgan fingerprint density at radius 1 is 1.09 bits per heavy atom. The average molecular weight is 308 g/mol. The van der Waals surface area contributed by atoms with Crippen molar-refractivity contribution >= 4 is 17.8 Å². The number of nitrogens with one attached hydrogen (secondary N) is 2. The van der Waals surface area contributed by atoms with Crippen molar-refractivity contribution in [2.24, 2.45) is 5.92 Å². The van der Waals surface area contributed by atoms with Crippen molar-refractivity contribution in [1.82, 2.24) is 10.9 Å². The Labute approximate surface area is 128 Å². The summed E-state index contributed by atoms with van der Waals surface area (Å²) in [5.41, 5.74) is 4.73. The van der Waals surface area contributed by atoms with Crippen molar-refractivity contribution in [3.63, 3.8) is 0 Å². The number of benzene rings is 1. The minimum atomic E-state index is -1.07. The highest BCUT2D eigenvalue weighted by Gasteiger charge is 2.09. The number of hydrogen-bond donors (Lipinski definition) is 3. The molecule has 3 N–H and O–H groups in total. The van der Waals surface area contributed by atoms with Crippen LogP contribution in [0.5, 0.6) is 5.75 Å². The lowest BCUT2D eigenvalue weighted by Gasteiger charge is -2.10. The monoisotopic (exact) mass is 308 g/mol. The van der Waals surface area contributed by atoms with E-state index < -0.39 is 17.8 Å². The molecule has 120 valence electrons. The molecular weight excluding hydrogens is 288 g/mol. The molecule has 0 fully saturated rings. The fourth-order valence-electron chi connectivity index (χ4n) is 1.45. The predicted octanol–water partition coefficient (Wildman–Crippen LogP) is 1.35. The largest absolute Gasteiger partial charge is 0.493 e. The number of carbonyl (C=O) groups excluding carboxylic acids is 2. The molecule has 0 aliphatic heterocycles. The maximum atomic E-state index is 11.8. The van der Waals surface area contributed by atoms with Crippen molar-refractivity contribution in [2.75, 3.05) is 6.61 Å². The Hall–Kier alpha value is -2.57. The van der Waals surface area contributed by atoms with E-state index in [1.807, 2.05) is 13.8 Å². The van der Waals surface area contributed by atoms with Crippen LogP contribution in [-0.2, 0) is 9.59 Å².